The molecule has 3 N–H and O–H groups in total. The second kappa shape index (κ2) is 15.4. The van der Waals surface area contributed by atoms with Gasteiger partial charge in [0.15, 0.2) is 0 Å². The highest BCUT2D eigenvalue weighted by molar-refractivity contribution is 6.00. The Morgan fingerprint density at radius 3 is 2.27 bits per heavy atom. The smallest absolute Gasteiger partial charge is 0.390 e. The van der Waals surface area contributed by atoms with E-state index >= 15 is 0 Å². The van der Waals surface area contributed by atoms with E-state index < -0.39 is 35.3 Å². The Hall–Kier alpha value is -4.51. The summed E-state index contributed by atoms with van der Waals surface area (Å²) >= 11 is 0. The summed E-state index contributed by atoms with van der Waals surface area (Å²) in [6.45, 7) is 4.20. The summed E-state index contributed by atoms with van der Waals surface area (Å²) in [4.78, 5) is 29.0. The number of aliphatic hydroxyl groups excluding tert-OH is 1. The van der Waals surface area contributed by atoms with E-state index in [4.69, 9.17) is 4.74 Å². The van der Waals surface area contributed by atoms with Gasteiger partial charge in [-0.15, -0.1) is 0 Å². The maximum absolute atomic E-state index is 13.8. The van der Waals surface area contributed by atoms with E-state index in [0.717, 1.165) is 28.8 Å². The largest absolute Gasteiger partial charge is 0.416 e. The number of alkyl halides is 3. The fraction of sp³-hybridized carbons (Fsp3) is 0.333. The molecule has 1 heterocycles. The molecular weight excluding hydrogens is 631 g/mol. The van der Waals surface area contributed by atoms with Crippen LogP contribution in [0.3, 0.4) is 0 Å². The highest BCUT2D eigenvalue weighted by Crippen LogP contribution is 2.35. The number of benzene rings is 4. The van der Waals surface area contributed by atoms with E-state index in [0.29, 0.717) is 24.2 Å². The van der Waals surface area contributed by atoms with Crippen LogP contribution in [0, 0.1) is 6.92 Å². The third-order valence-corrected chi connectivity index (χ3v) is 9.26. The Morgan fingerprint density at radius 2 is 1.61 bits per heavy atom. The molecule has 10 heteroatoms. The van der Waals surface area contributed by atoms with Gasteiger partial charge in [-0.1, -0.05) is 72.8 Å². The van der Waals surface area contributed by atoms with Crippen LogP contribution in [0.4, 0.5) is 13.2 Å². The third kappa shape index (κ3) is 8.75. The number of ether oxygens (including phenoxy) is 1. The first kappa shape index (κ1) is 35.8. The summed E-state index contributed by atoms with van der Waals surface area (Å²) in [6.07, 6.45) is -4.93. The molecule has 49 heavy (non-hydrogen) atoms. The van der Waals surface area contributed by atoms with E-state index in [-0.39, 0.29) is 37.1 Å². The molecule has 1 fully saturated rings. The molecule has 0 radical (unpaired) electrons. The molecule has 0 aliphatic carbocycles. The number of carbonyl (C=O) groups is 2. The predicted molar refractivity (Wildman–Crippen MR) is 182 cm³/mol. The number of aryl methyl sites for hydroxylation is 1. The average Bonchev–Trinajstić information content (AvgIpc) is 3.60. The number of nitrogens with one attached hydrogen (secondary N) is 2. The van der Waals surface area contributed by atoms with Gasteiger partial charge in [-0.2, -0.15) is 13.2 Å². The zero-order valence-corrected chi connectivity index (χ0v) is 27.8. The minimum atomic E-state index is -4.50. The van der Waals surface area contributed by atoms with Crippen molar-refractivity contribution in [1.29, 1.82) is 0 Å². The number of hydrogen-bond acceptors (Lipinski definition) is 5. The number of carbonyl (C=O) groups excluding carboxylic acids is 2. The Labute approximate surface area is 285 Å². The molecule has 4 atom stereocenters. The second-order valence-corrected chi connectivity index (χ2v) is 12.8. The fourth-order valence-electron chi connectivity index (χ4n) is 6.24. The molecule has 0 saturated carbocycles. The zero-order valence-electron chi connectivity index (χ0n) is 27.8. The minimum Gasteiger partial charge on any atom is -0.390 e. The monoisotopic (exact) mass is 673 g/mol. The third-order valence-electron chi connectivity index (χ3n) is 9.26. The lowest BCUT2D eigenvalue weighted by Crippen LogP contribution is -2.53. The van der Waals surface area contributed by atoms with Gasteiger partial charge in [0, 0.05) is 31.3 Å². The topological polar surface area (TPSA) is 90.9 Å². The van der Waals surface area contributed by atoms with E-state index in [1.807, 2.05) is 74.5 Å². The lowest BCUT2D eigenvalue weighted by Gasteiger charge is -2.33. The van der Waals surface area contributed by atoms with Crippen LogP contribution in [0.25, 0.3) is 0 Å². The molecule has 1 unspecified atom stereocenters. The number of amides is 2. The molecule has 1 aliphatic heterocycles. The van der Waals surface area contributed by atoms with Crippen molar-refractivity contribution < 1.29 is 32.6 Å². The van der Waals surface area contributed by atoms with E-state index in [2.05, 4.69) is 10.6 Å². The maximum Gasteiger partial charge on any atom is 0.416 e. The van der Waals surface area contributed by atoms with Crippen molar-refractivity contribution >= 4 is 11.8 Å². The number of nitrogens with zero attached hydrogens (tertiary/aromatic N) is 1. The van der Waals surface area contributed by atoms with Gasteiger partial charge in [0.25, 0.3) is 11.8 Å². The van der Waals surface area contributed by atoms with Crippen LogP contribution in [-0.2, 0) is 22.9 Å². The lowest BCUT2D eigenvalue weighted by molar-refractivity contribution is -0.137. The first-order chi connectivity index (χ1) is 23.4. The summed E-state index contributed by atoms with van der Waals surface area (Å²) in [6, 6.07) is 28.2. The number of halogens is 3. The van der Waals surface area contributed by atoms with Crippen molar-refractivity contribution in [3.8, 4) is 0 Å². The predicted octanol–water partition coefficient (Wildman–Crippen LogP) is 6.45. The Morgan fingerprint density at radius 1 is 0.939 bits per heavy atom. The number of hydrogen-bond donors (Lipinski definition) is 3. The van der Waals surface area contributed by atoms with Crippen LogP contribution in [0.15, 0.2) is 103 Å². The first-order valence-corrected chi connectivity index (χ1v) is 16.3. The lowest BCUT2D eigenvalue weighted by atomic mass is 9.87. The Bertz CT molecular complexity index is 1730. The summed E-state index contributed by atoms with van der Waals surface area (Å²) in [5.74, 6) is -0.703. The van der Waals surface area contributed by atoms with Crippen molar-refractivity contribution in [3.63, 3.8) is 0 Å². The normalized spacial score (nSPS) is 18.0. The van der Waals surface area contributed by atoms with Crippen molar-refractivity contribution in [3.05, 3.63) is 142 Å². The standard InChI is InChI=1S/C39H42F3N3O4/c1-26-19-30(22-31(20-26)37(48)45(3)27(2)29-13-8-5-9-14-29)36(47)44-34(21-28-11-6-4-7-12-28)35(46)24-43-38(17-18-49-25-38)32-15-10-16-33(23-32)39(40,41)42/h4-16,19-20,22-23,27,34-35,43,46H,17-18,21,24-25H2,1-3H3,(H,44,47)/t27-,34+,35-,38?/m1/s1. The van der Waals surface area contributed by atoms with Gasteiger partial charge in [-0.3, -0.25) is 9.59 Å². The molecule has 0 bridgehead atoms. The quantitative estimate of drug-likeness (QED) is 0.161. The van der Waals surface area contributed by atoms with Gasteiger partial charge in [-0.25, -0.2) is 0 Å². The SMILES string of the molecule is Cc1cc(C(=O)N[C@@H](Cc2ccccc2)[C@H](O)CNC2(c3cccc(C(F)(F)F)c3)CCOC2)cc(C(=O)N(C)[C@H](C)c2ccccc2)c1. The van der Waals surface area contributed by atoms with Crippen LogP contribution in [0.1, 0.15) is 67.9 Å². The summed E-state index contributed by atoms with van der Waals surface area (Å²) in [7, 11) is 1.73. The number of aliphatic hydroxyl groups is 1. The van der Waals surface area contributed by atoms with E-state index in [1.165, 1.54) is 6.07 Å². The Balaban J connectivity index is 1.35. The van der Waals surface area contributed by atoms with E-state index in [9.17, 15) is 27.9 Å². The minimum absolute atomic E-state index is 0.0306. The van der Waals surface area contributed by atoms with Crippen LogP contribution in [0.2, 0.25) is 0 Å². The first-order valence-electron chi connectivity index (χ1n) is 16.3. The molecule has 5 rings (SSSR count). The highest BCUT2D eigenvalue weighted by atomic mass is 19.4. The maximum atomic E-state index is 13.8. The average molecular weight is 674 g/mol. The summed E-state index contributed by atoms with van der Waals surface area (Å²) in [5, 5.41) is 17.8. The molecule has 7 nitrogen and oxygen atoms in total. The van der Waals surface area contributed by atoms with E-state index in [1.54, 1.807) is 36.2 Å². The summed E-state index contributed by atoms with van der Waals surface area (Å²) < 4.78 is 46.3. The van der Waals surface area contributed by atoms with Gasteiger partial charge >= 0.3 is 6.18 Å². The molecule has 0 spiro atoms. The van der Waals surface area contributed by atoms with Crippen molar-refractivity contribution in [1.82, 2.24) is 15.5 Å². The van der Waals surface area contributed by atoms with Gasteiger partial charge in [-0.05, 0) is 79.3 Å². The molecule has 1 saturated heterocycles. The van der Waals surface area contributed by atoms with Crippen LogP contribution < -0.4 is 10.6 Å². The molecule has 4 aromatic rings. The molecule has 4 aromatic carbocycles. The second-order valence-electron chi connectivity index (χ2n) is 12.8. The molecule has 0 aromatic heterocycles. The molecule has 258 valence electrons. The van der Waals surface area contributed by atoms with Crippen molar-refractivity contribution in [2.24, 2.45) is 0 Å². The molecular formula is C39H42F3N3O4. The highest BCUT2D eigenvalue weighted by Gasteiger charge is 2.39. The van der Waals surface area contributed by atoms with Crippen LogP contribution in [0.5, 0.6) is 0 Å². The van der Waals surface area contributed by atoms with Crippen molar-refractivity contribution in [2.45, 2.75) is 56.6 Å². The van der Waals surface area contributed by atoms with Crippen LogP contribution in [-0.4, -0.2) is 60.8 Å². The molecule has 2 amide bonds. The van der Waals surface area contributed by atoms with Gasteiger partial charge < -0.3 is 25.4 Å². The van der Waals surface area contributed by atoms with Gasteiger partial charge in [0.05, 0.1) is 35.9 Å². The summed E-state index contributed by atoms with van der Waals surface area (Å²) in [5.41, 5.74) is 1.92. The fourth-order valence-corrected chi connectivity index (χ4v) is 6.24. The zero-order chi connectivity index (χ0) is 35.2. The Kier molecular flexibility index (Phi) is 11.2. The van der Waals surface area contributed by atoms with Crippen LogP contribution >= 0.6 is 0 Å². The van der Waals surface area contributed by atoms with Gasteiger partial charge in [0.2, 0.25) is 0 Å². The molecule has 1 aliphatic rings. The number of rotatable bonds is 12. The van der Waals surface area contributed by atoms with Gasteiger partial charge in [0.1, 0.15) is 0 Å². The van der Waals surface area contributed by atoms with Crippen molar-refractivity contribution in [2.75, 3.05) is 26.8 Å².